The zero-order chi connectivity index (χ0) is 20.5. The van der Waals surface area contributed by atoms with Crippen molar-refractivity contribution in [3.05, 3.63) is 61.8 Å². The number of nitro benzene ring substituents is 1. The van der Waals surface area contributed by atoms with Crippen LogP contribution in [0.3, 0.4) is 0 Å². The standard InChI is InChI=1S/C21H24Cl2NO3S.Y/c1-21(2,3)13-6-7-15(19(9-13)24(25)26)20-16(17(22)10-18(20)23)12-27-11-14-5-4-8-28-14;/h4-7,9,16-18,20H,10-12H2,1-3H3;/q-1;. The Hall–Kier alpha value is -0.0361. The van der Waals surface area contributed by atoms with E-state index in [-0.39, 0.29) is 71.3 Å². The normalized spacial score (nSPS) is 24.3. The van der Waals surface area contributed by atoms with Crippen molar-refractivity contribution in [2.24, 2.45) is 5.92 Å². The van der Waals surface area contributed by atoms with Gasteiger partial charge in [0, 0.05) is 73.5 Å². The van der Waals surface area contributed by atoms with Crippen molar-refractivity contribution >= 4 is 40.2 Å². The molecular formula is C21H24Cl2NO3SY-. The number of nitro groups is 1. The molecule has 3 rings (SSSR count). The van der Waals surface area contributed by atoms with Crippen LogP contribution in [0, 0.1) is 21.4 Å². The molecule has 0 amide bonds. The largest absolute Gasteiger partial charge is 0.389 e. The summed E-state index contributed by atoms with van der Waals surface area (Å²) in [6.45, 7) is 7.02. The predicted molar refractivity (Wildman–Crippen MR) is 115 cm³/mol. The SMILES string of the molecule is CC(C)(C)c1ccc(C2C(Cl)CC(Cl)C2COCc2cc[c-]s2)c([N+](=O)[O-])c1.[Y]. The zero-order valence-electron chi connectivity index (χ0n) is 16.7. The quantitative estimate of drug-likeness (QED) is 0.191. The Morgan fingerprint density at radius 3 is 2.59 bits per heavy atom. The van der Waals surface area contributed by atoms with E-state index in [2.05, 4.69) is 5.38 Å². The van der Waals surface area contributed by atoms with Gasteiger partial charge in [-0.15, -0.1) is 33.5 Å². The van der Waals surface area contributed by atoms with E-state index in [1.807, 2.05) is 45.0 Å². The van der Waals surface area contributed by atoms with Crippen molar-refractivity contribution in [1.82, 2.24) is 0 Å². The predicted octanol–water partition coefficient (Wildman–Crippen LogP) is 6.29. The molecule has 29 heavy (non-hydrogen) atoms. The van der Waals surface area contributed by atoms with Gasteiger partial charge in [0.25, 0.3) is 5.69 Å². The third-order valence-corrected chi connectivity index (χ3v) is 7.02. The molecule has 1 aliphatic rings. The molecule has 1 aromatic heterocycles. The van der Waals surface area contributed by atoms with Gasteiger partial charge in [-0.25, -0.2) is 0 Å². The van der Waals surface area contributed by atoms with Crippen molar-refractivity contribution in [2.45, 2.75) is 55.9 Å². The molecule has 1 fully saturated rings. The van der Waals surface area contributed by atoms with Crippen LogP contribution in [0.4, 0.5) is 5.69 Å². The summed E-state index contributed by atoms with van der Waals surface area (Å²) in [5.74, 6) is -0.291. The fourth-order valence-electron chi connectivity index (χ4n) is 3.76. The molecule has 4 unspecified atom stereocenters. The summed E-state index contributed by atoms with van der Waals surface area (Å²) in [5.41, 5.74) is 1.52. The van der Waals surface area contributed by atoms with E-state index in [4.69, 9.17) is 27.9 Å². The zero-order valence-corrected chi connectivity index (χ0v) is 21.9. The summed E-state index contributed by atoms with van der Waals surface area (Å²) in [5, 5.41) is 14.4. The van der Waals surface area contributed by atoms with Gasteiger partial charge in [-0.3, -0.25) is 21.5 Å². The maximum Gasteiger partial charge on any atom is 0.273 e. The first-order valence-corrected chi connectivity index (χ1v) is 11.0. The number of ether oxygens (including phenoxy) is 1. The van der Waals surface area contributed by atoms with Crippen molar-refractivity contribution in [3.8, 4) is 0 Å². The minimum absolute atomic E-state index is 0. The molecule has 0 saturated heterocycles. The molecule has 1 aliphatic carbocycles. The van der Waals surface area contributed by atoms with Crippen LogP contribution in [0.25, 0.3) is 0 Å². The minimum Gasteiger partial charge on any atom is -0.389 e. The Kier molecular flexibility index (Phi) is 9.15. The Labute approximate surface area is 211 Å². The first-order chi connectivity index (χ1) is 13.2. The van der Waals surface area contributed by atoms with Gasteiger partial charge < -0.3 is 4.74 Å². The van der Waals surface area contributed by atoms with Gasteiger partial charge in [-0.1, -0.05) is 32.9 Å². The number of nitrogens with zero attached hydrogens (tertiary/aromatic N) is 1. The number of alkyl halides is 2. The molecule has 2 aromatic rings. The average Bonchev–Trinajstić information content (AvgIpc) is 3.22. The second kappa shape index (κ2) is 10.5. The molecular weight excluding hydrogens is 506 g/mol. The van der Waals surface area contributed by atoms with E-state index in [0.717, 1.165) is 10.4 Å². The molecule has 8 heteroatoms. The molecule has 1 aromatic carbocycles. The van der Waals surface area contributed by atoms with E-state index >= 15 is 0 Å². The van der Waals surface area contributed by atoms with Crippen molar-refractivity contribution < 1.29 is 42.4 Å². The van der Waals surface area contributed by atoms with Crippen LogP contribution >= 0.6 is 34.5 Å². The number of hydrogen-bond acceptors (Lipinski definition) is 4. The Balaban J connectivity index is 0.00000300. The molecule has 1 heterocycles. The van der Waals surface area contributed by atoms with Gasteiger partial charge in [-0.05, 0) is 17.4 Å². The fourth-order valence-corrected chi connectivity index (χ4v) is 5.35. The second-order valence-electron chi connectivity index (χ2n) is 8.27. The molecule has 4 nitrogen and oxygen atoms in total. The first-order valence-electron chi connectivity index (χ1n) is 9.28. The summed E-state index contributed by atoms with van der Waals surface area (Å²) in [6, 6.07) is 9.33. The molecule has 0 aliphatic heterocycles. The van der Waals surface area contributed by atoms with Crippen molar-refractivity contribution in [2.75, 3.05) is 6.61 Å². The number of halogens is 2. The van der Waals surface area contributed by atoms with Gasteiger partial charge in [0.2, 0.25) is 0 Å². The number of benzene rings is 1. The number of rotatable bonds is 6. The van der Waals surface area contributed by atoms with Crippen molar-refractivity contribution in [1.29, 1.82) is 0 Å². The van der Waals surface area contributed by atoms with Crippen LogP contribution < -0.4 is 0 Å². The molecule has 4 atom stereocenters. The van der Waals surface area contributed by atoms with Gasteiger partial charge >= 0.3 is 0 Å². The topological polar surface area (TPSA) is 52.4 Å². The molecule has 1 radical (unpaired) electrons. The number of thiophene rings is 1. The minimum atomic E-state index is -0.310. The third kappa shape index (κ3) is 6.02. The maximum absolute atomic E-state index is 11.8. The van der Waals surface area contributed by atoms with Crippen LogP contribution in [0.5, 0.6) is 0 Å². The van der Waals surface area contributed by atoms with E-state index in [9.17, 15) is 10.1 Å². The second-order valence-corrected chi connectivity index (χ2v) is 10.4. The van der Waals surface area contributed by atoms with Crippen molar-refractivity contribution in [3.63, 3.8) is 0 Å². The van der Waals surface area contributed by atoms with Crippen LogP contribution in [0.15, 0.2) is 30.3 Å². The molecule has 0 N–H and O–H groups in total. The van der Waals surface area contributed by atoms with Gasteiger partial charge in [-0.2, -0.15) is 12.1 Å². The summed E-state index contributed by atoms with van der Waals surface area (Å²) in [7, 11) is 0. The van der Waals surface area contributed by atoms with Crippen LogP contribution in [0.2, 0.25) is 0 Å². The molecule has 0 bridgehead atoms. The summed E-state index contributed by atoms with van der Waals surface area (Å²) < 4.78 is 5.89. The van der Waals surface area contributed by atoms with Gasteiger partial charge in [0.05, 0.1) is 11.5 Å². The fraction of sp³-hybridized carbons (Fsp3) is 0.524. The molecule has 1 saturated carbocycles. The first kappa shape index (κ1) is 25.2. The Bertz CT molecular complexity index is 826. The summed E-state index contributed by atoms with van der Waals surface area (Å²) in [4.78, 5) is 12.6. The van der Waals surface area contributed by atoms with E-state index < -0.39 is 0 Å². The maximum atomic E-state index is 11.8. The average molecular weight is 530 g/mol. The molecule has 155 valence electrons. The van der Waals surface area contributed by atoms with E-state index in [1.165, 1.54) is 11.3 Å². The molecule has 0 spiro atoms. The van der Waals surface area contributed by atoms with Crippen LogP contribution in [-0.4, -0.2) is 22.3 Å². The van der Waals surface area contributed by atoms with E-state index in [1.54, 1.807) is 6.07 Å². The van der Waals surface area contributed by atoms with Crippen LogP contribution in [-0.2, 0) is 49.5 Å². The van der Waals surface area contributed by atoms with Gasteiger partial charge in [0.1, 0.15) is 0 Å². The Morgan fingerprint density at radius 1 is 1.28 bits per heavy atom. The smallest absolute Gasteiger partial charge is 0.273 e. The van der Waals surface area contributed by atoms with E-state index in [0.29, 0.717) is 25.2 Å². The third-order valence-electron chi connectivity index (χ3n) is 5.30. The monoisotopic (exact) mass is 529 g/mol. The summed E-state index contributed by atoms with van der Waals surface area (Å²) in [6.07, 6.45) is 0.604. The Morgan fingerprint density at radius 2 is 2.00 bits per heavy atom. The van der Waals surface area contributed by atoms with Gasteiger partial charge in [0.15, 0.2) is 0 Å². The number of hydrogen-bond donors (Lipinski definition) is 0. The summed E-state index contributed by atoms with van der Waals surface area (Å²) >= 11 is 14.7. The van der Waals surface area contributed by atoms with Crippen LogP contribution in [0.1, 0.15) is 49.1 Å².